The van der Waals surface area contributed by atoms with E-state index in [9.17, 15) is 4.79 Å². The number of carbonyl (C=O) groups excluding carboxylic acids is 1. The van der Waals surface area contributed by atoms with Crippen LogP contribution < -0.4 is 0 Å². The molecule has 1 heterocycles. The van der Waals surface area contributed by atoms with Crippen LogP contribution in [0.3, 0.4) is 0 Å². The largest absolute Gasteiger partial charge is 0.341 e. The number of likely N-dealkylation sites (tertiary alicyclic amines) is 1. The van der Waals surface area contributed by atoms with Gasteiger partial charge >= 0.3 is 0 Å². The molecular formula is C16H24N2O. The van der Waals surface area contributed by atoms with E-state index in [-0.39, 0.29) is 5.91 Å². The molecule has 1 atom stereocenters. The maximum atomic E-state index is 11.8. The van der Waals surface area contributed by atoms with Gasteiger partial charge in [-0.2, -0.15) is 0 Å². The van der Waals surface area contributed by atoms with Crippen molar-refractivity contribution in [3.05, 3.63) is 35.9 Å². The summed E-state index contributed by atoms with van der Waals surface area (Å²) >= 11 is 0. The average Bonchev–Trinajstić information content (AvgIpc) is 2.47. The van der Waals surface area contributed by atoms with E-state index in [1.807, 2.05) is 18.9 Å². The Kier molecular flexibility index (Phi) is 4.97. The highest BCUT2D eigenvalue weighted by molar-refractivity contribution is 5.75. The van der Waals surface area contributed by atoms with E-state index in [0.717, 1.165) is 26.1 Å². The molecule has 1 aromatic rings. The number of likely N-dealkylation sites (N-methyl/N-ethyl adjacent to an activating group) is 1. The summed E-state index contributed by atoms with van der Waals surface area (Å²) in [5.41, 5.74) is 1.35. The van der Waals surface area contributed by atoms with Crippen LogP contribution in [-0.4, -0.2) is 41.9 Å². The Labute approximate surface area is 116 Å². The van der Waals surface area contributed by atoms with Crippen molar-refractivity contribution in [2.24, 2.45) is 0 Å². The van der Waals surface area contributed by atoms with Crippen LogP contribution in [0.25, 0.3) is 0 Å². The third-order valence-electron chi connectivity index (χ3n) is 3.97. The van der Waals surface area contributed by atoms with Crippen molar-refractivity contribution in [1.82, 2.24) is 9.80 Å². The summed E-state index contributed by atoms with van der Waals surface area (Å²) in [4.78, 5) is 16.2. The second kappa shape index (κ2) is 6.71. The molecule has 1 unspecified atom stereocenters. The summed E-state index contributed by atoms with van der Waals surface area (Å²) in [5.74, 6) is 0.256. The van der Waals surface area contributed by atoms with Crippen molar-refractivity contribution in [2.45, 2.75) is 38.8 Å². The molecule has 0 spiro atoms. The second-order valence-corrected chi connectivity index (χ2v) is 5.37. The number of carbonyl (C=O) groups is 1. The Morgan fingerprint density at radius 3 is 2.79 bits per heavy atom. The lowest BCUT2D eigenvalue weighted by Crippen LogP contribution is -2.48. The Morgan fingerprint density at radius 2 is 2.11 bits per heavy atom. The van der Waals surface area contributed by atoms with Gasteiger partial charge in [0.2, 0.25) is 5.91 Å². The Bertz CT molecular complexity index is 404. The van der Waals surface area contributed by atoms with Crippen molar-refractivity contribution in [1.29, 1.82) is 0 Å². The van der Waals surface area contributed by atoms with Crippen molar-refractivity contribution >= 4 is 5.91 Å². The minimum Gasteiger partial charge on any atom is -0.341 e. The fourth-order valence-electron chi connectivity index (χ4n) is 2.79. The zero-order valence-corrected chi connectivity index (χ0v) is 12.0. The molecule has 0 aromatic heterocycles. The van der Waals surface area contributed by atoms with Crippen LogP contribution >= 0.6 is 0 Å². The van der Waals surface area contributed by atoms with Gasteiger partial charge in [-0.05, 0) is 24.9 Å². The smallest absolute Gasteiger partial charge is 0.222 e. The molecule has 3 nitrogen and oxygen atoms in total. The molecule has 0 bridgehead atoms. The van der Waals surface area contributed by atoms with E-state index >= 15 is 0 Å². The first-order chi connectivity index (χ1) is 9.20. The standard InChI is InChI=1S/C16H24N2O/c1-3-16(19)17(2)15-10-7-11-18(13-15)12-14-8-5-4-6-9-14/h4-6,8-9,15H,3,7,10-13H2,1-2H3. The number of nitrogens with zero attached hydrogens (tertiary/aromatic N) is 2. The fraction of sp³-hybridized carbons (Fsp3) is 0.562. The van der Waals surface area contributed by atoms with Gasteiger partial charge < -0.3 is 4.90 Å². The van der Waals surface area contributed by atoms with E-state index in [1.54, 1.807) is 0 Å². The maximum absolute atomic E-state index is 11.8. The van der Waals surface area contributed by atoms with Crippen LogP contribution in [0.4, 0.5) is 0 Å². The van der Waals surface area contributed by atoms with E-state index < -0.39 is 0 Å². The van der Waals surface area contributed by atoms with Gasteiger partial charge in [0.1, 0.15) is 0 Å². The molecule has 1 amide bonds. The molecule has 3 heteroatoms. The van der Waals surface area contributed by atoms with Crippen LogP contribution in [0.15, 0.2) is 30.3 Å². The number of rotatable bonds is 4. The summed E-state index contributed by atoms with van der Waals surface area (Å²) in [5, 5.41) is 0. The number of amides is 1. The summed E-state index contributed by atoms with van der Waals surface area (Å²) in [7, 11) is 1.95. The van der Waals surface area contributed by atoms with Gasteiger partial charge in [-0.15, -0.1) is 0 Å². The number of benzene rings is 1. The van der Waals surface area contributed by atoms with E-state index in [2.05, 4.69) is 35.2 Å². The molecule has 1 saturated heterocycles. The summed E-state index contributed by atoms with van der Waals surface area (Å²) in [6.45, 7) is 5.06. The van der Waals surface area contributed by atoms with Gasteiger partial charge in [-0.1, -0.05) is 37.3 Å². The van der Waals surface area contributed by atoms with Crippen molar-refractivity contribution in [2.75, 3.05) is 20.1 Å². The molecular weight excluding hydrogens is 236 g/mol. The van der Waals surface area contributed by atoms with Gasteiger partial charge in [0, 0.05) is 32.6 Å². The summed E-state index contributed by atoms with van der Waals surface area (Å²) in [6.07, 6.45) is 2.91. The molecule has 1 aliphatic heterocycles. The lowest BCUT2D eigenvalue weighted by Gasteiger charge is -2.37. The molecule has 0 aliphatic carbocycles. The maximum Gasteiger partial charge on any atom is 0.222 e. The molecule has 1 fully saturated rings. The predicted molar refractivity (Wildman–Crippen MR) is 77.8 cm³/mol. The van der Waals surface area contributed by atoms with E-state index in [0.29, 0.717) is 12.5 Å². The second-order valence-electron chi connectivity index (χ2n) is 5.37. The Balaban J connectivity index is 1.92. The molecule has 104 valence electrons. The van der Waals surface area contributed by atoms with Crippen LogP contribution in [0.5, 0.6) is 0 Å². The van der Waals surface area contributed by atoms with Crippen LogP contribution in [-0.2, 0) is 11.3 Å². The molecule has 1 aliphatic rings. The minimum absolute atomic E-state index is 0.256. The first-order valence-corrected chi connectivity index (χ1v) is 7.22. The van der Waals surface area contributed by atoms with Crippen LogP contribution in [0.2, 0.25) is 0 Å². The molecule has 0 radical (unpaired) electrons. The normalized spacial score (nSPS) is 20.2. The van der Waals surface area contributed by atoms with Crippen molar-refractivity contribution in [3.8, 4) is 0 Å². The van der Waals surface area contributed by atoms with Crippen molar-refractivity contribution in [3.63, 3.8) is 0 Å². The van der Waals surface area contributed by atoms with Gasteiger partial charge in [-0.3, -0.25) is 9.69 Å². The topological polar surface area (TPSA) is 23.6 Å². The molecule has 0 N–H and O–H groups in total. The van der Waals surface area contributed by atoms with Crippen LogP contribution in [0, 0.1) is 0 Å². The zero-order valence-electron chi connectivity index (χ0n) is 12.0. The zero-order chi connectivity index (χ0) is 13.7. The van der Waals surface area contributed by atoms with E-state index in [4.69, 9.17) is 0 Å². The summed E-state index contributed by atoms with van der Waals surface area (Å²) < 4.78 is 0. The SMILES string of the molecule is CCC(=O)N(C)C1CCCN(Cc2ccccc2)C1. The number of piperidine rings is 1. The highest BCUT2D eigenvalue weighted by Gasteiger charge is 2.25. The highest BCUT2D eigenvalue weighted by atomic mass is 16.2. The monoisotopic (exact) mass is 260 g/mol. The Hall–Kier alpha value is -1.35. The first-order valence-electron chi connectivity index (χ1n) is 7.22. The lowest BCUT2D eigenvalue weighted by molar-refractivity contribution is -0.132. The van der Waals surface area contributed by atoms with E-state index in [1.165, 1.54) is 12.0 Å². The molecule has 0 saturated carbocycles. The fourth-order valence-corrected chi connectivity index (χ4v) is 2.79. The van der Waals surface area contributed by atoms with Gasteiger partial charge in [0.25, 0.3) is 0 Å². The molecule has 1 aromatic carbocycles. The molecule has 19 heavy (non-hydrogen) atoms. The quantitative estimate of drug-likeness (QED) is 0.830. The highest BCUT2D eigenvalue weighted by Crippen LogP contribution is 2.17. The molecule has 2 rings (SSSR count). The number of hydrogen-bond acceptors (Lipinski definition) is 2. The minimum atomic E-state index is 0.256. The summed E-state index contributed by atoms with van der Waals surface area (Å²) in [6, 6.07) is 10.9. The first kappa shape index (κ1) is 14.1. The predicted octanol–water partition coefficient (Wildman–Crippen LogP) is 2.52. The third kappa shape index (κ3) is 3.80. The lowest BCUT2D eigenvalue weighted by atomic mass is 10.0. The average molecular weight is 260 g/mol. The van der Waals surface area contributed by atoms with Crippen molar-refractivity contribution < 1.29 is 4.79 Å². The van der Waals surface area contributed by atoms with Gasteiger partial charge in [-0.25, -0.2) is 0 Å². The van der Waals surface area contributed by atoms with Gasteiger partial charge in [0.05, 0.1) is 0 Å². The van der Waals surface area contributed by atoms with Gasteiger partial charge in [0.15, 0.2) is 0 Å². The number of hydrogen-bond donors (Lipinski definition) is 0. The Morgan fingerprint density at radius 1 is 1.37 bits per heavy atom. The van der Waals surface area contributed by atoms with Crippen LogP contribution in [0.1, 0.15) is 31.7 Å². The third-order valence-corrected chi connectivity index (χ3v) is 3.97.